The topological polar surface area (TPSA) is 13.1 Å². The number of benzene rings is 7. The van der Waals surface area contributed by atoms with E-state index in [1.165, 1.54) is 0 Å². The molecule has 0 N–H and O–H groups in total. The molecule has 0 aliphatic carbocycles. The molecule has 182 valence electrons. The first-order valence-corrected chi connectivity index (χ1v) is 12.4. The molecule has 1 nitrogen and oxygen atoms in total. The molecular formula is C38H24O. The minimum Gasteiger partial charge on any atom is -0.456 e. The molecule has 0 spiro atoms. The summed E-state index contributed by atoms with van der Waals surface area (Å²) >= 11 is 0. The Labute approximate surface area is 243 Å². The first-order valence-electron chi connectivity index (χ1n) is 18.4. The molecule has 0 radical (unpaired) electrons. The van der Waals surface area contributed by atoms with E-state index >= 15 is 0 Å². The molecule has 1 heteroatoms. The van der Waals surface area contributed by atoms with Crippen LogP contribution in [0.4, 0.5) is 0 Å². The van der Waals surface area contributed by atoms with Crippen LogP contribution in [0.2, 0.25) is 0 Å². The Morgan fingerprint density at radius 1 is 0.436 bits per heavy atom. The Kier molecular flexibility index (Phi) is 2.92. The number of para-hydroxylation sites is 1. The van der Waals surface area contributed by atoms with Gasteiger partial charge in [0, 0.05) is 10.8 Å². The van der Waals surface area contributed by atoms with Gasteiger partial charge in [-0.2, -0.15) is 0 Å². The lowest BCUT2D eigenvalue weighted by atomic mass is 9.84. The predicted molar refractivity (Wildman–Crippen MR) is 165 cm³/mol. The van der Waals surface area contributed by atoms with Crippen LogP contribution in [0.15, 0.2) is 150 Å². The molecule has 0 unspecified atom stereocenters. The van der Waals surface area contributed by atoms with Gasteiger partial charge in [0.2, 0.25) is 0 Å². The highest BCUT2D eigenvalue weighted by Crippen LogP contribution is 2.47. The molecule has 0 amide bonds. The van der Waals surface area contributed by atoms with Crippen molar-refractivity contribution in [2.75, 3.05) is 0 Å². The molecule has 7 aromatic carbocycles. The monoisotopic (exact) mass is 508 g/mol. The summed E-state index contributed by atoms with van der Waals surface area (Å²) in [7, 11) is 0. The number of rotatable bonds is 3. The second-order valence-electron chi connectivity index (χ2n) is 9.14. The Morgan fingerprint density at radius 2 is 1.13 bits per heavy atom. The van der Waals surface area contributed by atoms with E-state index in [2.05, 4.69) is 0 Å². The minimum atomic E-state index is -0.676. The predicted octanol–water partition coefficient (Wildman–Crippen LogP) is 10.9. The summed E-state index contributed by atoms with van der Waals surface area (Å²) in [6.07, 6.45) is 0. The highest BCUT2D eigenvalue weighted by molar-refractivity contribution is 6.26. The maximum atomic E-state index is 9.75. The van der Waals surface area contributed by atoms with Crippen LogP contribution in [-0.4, -0.2) is 0 Å². The maximum Gasteiger partial charge on any atom is 0.136 e. The Morgan fingerprint density at radius 3 is 1.97 bits per heavy atom. The van der Waals surface area contributed by atoms with E-state index in [9.17, 15) is 6.85 Å². The molecule has 0 bridgehead atoms. The summed E-state index contributed by atoms with van der Waals surface area (Å²) in [5, 5.41) is 0.852. The van der Waals surface area contributed by atoms with E-state index in [0.717, 1.165) is 0 Å². The molecule has 0 aliphatic heterocycles. The summed E-state index contributed by atoms with van der Waals surface area (Å²) in [4.78, 5) is 0. The zero-order chi connectivity index (χ0) is 36.2. The number of fused-ring (bicyclic) bond motifs is 5. The van der Waals surface area contributed by atoms with Crippen molar-refractivity contribution in [1.29, 1.82) is 0 Å². The number of hydrogen-bond donors (Lipinski definition) is 0. The van der Waals surface area contributed by atoms with Crippen LogP contribution in [0.5, 0.6) is 0 Å². The average Bonchev–Trinajstić information content (AvgIpc) is 3.52. The van der Waals surface area contributed by atoms with Crippen LogP contribution in [0, 0.1) is 0 Å². The van der Waals surface area contributed by atoms with Gasteiger partial charge in [0.1, 0.15) is 11.2 Å². The zero-order valence-electron chi connectivity index (χ0n) is 32.3. The van der Waals surface area contributed by atoms with Crippen LogP contribution in [-0.2, 0) is 0 Å². The molecule has 39 heavy (non-hydrogen) atoms. The second-order valence-corrected chi connectivity index (χ2v) is 9.14. The Balaban J connectivity index is 1.77. The van der Waals surface area contributed by atoms with E-state index in [0.29, 0.717) is 33.1 Å². The third-order valence-electron chi connectivity index (χ3n) is 6.98. The third-order valence-corrected chi connectivity index (χ3v) is 6.98. The van der Waals surface area contributed by atoms with Crippen molar-refractivity contribution >= 4 is 43.5 Å². The molecule has 0 fully saturated rings. The van der Waals surface area contributed by atoms with Gasteiger partial charge in [-0.15, -0.1) is 0 Å². The summed E-state index contributed by atoms with van der Waals surface area (Å²) in [6.45, 7) is 0. The van der Waals surface area contributed by atoms with E-state index in [1.807, 2.05) is 18.2 Å². The first kappa shape index (κ1) is 13.1. The average molecular weight is 509 g/mol. The molecule has 8 rings (SSSR count). The summed E-state index contributed by atoms with van der Waals surface area (Å²) < 4.78 is 114. The summed E-state index contributed by atoms with van der Waals surface area (Å²) in [5.41, 5.74) is 1.41. The lowest BCUT2D eigenvalue weighted by molar-refractivity contribution is 0.669. The van der Waals surface area contributed by atoms with Gasteiger partial charge < -0.3 is 4.42 Å². The number of furan rings is 1. The molecule has 1 aromatic heterocycles. The van der Waals surface area contributed by atoms with Crippen molar-refractivity contribution in [3.63, 3.8) is 0 Å². The van der Waals surface area contributed by atoms with E-state index < -0.39 is 54.4 Å². The normalized spacial score (nSPS) is 15.9. The van der Waals surface area contributed by atoms with Crippen molar-refractivity contribution < 1.29 is 20.9 Å². The van der Waals surface area contributed by atoms with Crippen molar-refractivity contribution in [2.45, 2.75) is 0 Å². The van der Waals surface area contributed by atoms with Crippen LogP contribution in [0.3, 0.4) is 0 Å². The van der Waals surface area contributed by atoms with Crippen LogP contribution < -0.4 is 0 Å². The molecule has 0 saturated heterocycles. The van der Waals surface area contributed by atoms with Crippen molar-refractivity contribution in [2.24, 2.45) is 0 Å². The lowest BCUT2D eigenvalue weighted by Gasteiger charge is -2.19. The summed E-state index contributed by atoms with van der Waals surface area (Å²) in [6, 6.07) is 14.4. The van der Waals surface area contributed by atoms with E-state index in [1.54, 1.807) is 54.6 Å². The van der Waals surface area contributed by atoms with E-state index in [-0.39, 0.29) is 61.9 Å². The van der Waals surface area contributed by atoms with Gasteiger partial charge in [-0.1, -0.05) is 127 Å². The quantitative estimate of drug-likeness (QED) is 0.216. The molecule has 0 saturated carbocycles. The Hall–Kier alpha value is -5.14. The van der Waals surface area contributed by atoms with Gasteiger partial charge in [-0.25, -0.2) is 0 Å². The molecule has 0 aliphatic rings. The van der Waals surface area contributed by atoms with E-state index in [4.69, 9.17) is 14.0 Å². The molecule has 8 aromatic rings. The SMILES string of the molecule is [2H]c1c([2H])c([2H])c(-c2c3c([2H])c([2H])c([2H])c([2H])c3c(-c3cccc4oc5ccccc5c34)c3c([2H])c([2H])c(-c4ccccc4)c([2H])c23)c([2H])c1[2H]. The molecule has 1 heterocycles. The lowest BCUT2D eigenvalue weighted by Crippen LogP contribution is -1.92. The van der Waals surface area contributed by atoms with Crippen LogP contribution in [0.25, 0.3) is 76.9 Å². The van der Waals surface area contributed by atoms with Gasteiger partial charge in [0.25, 0.3) is 0 Å². The van der Waals surface area contributed by atoms with Crippen LogP contribution in [0.1, 0.15) is 16.4 Å². The van der Waals surface area contributed by atoms with Crippen molar-refractivity contribution in [1.82, 2.24) is 0 Å². The fourth-order valence-corrected chi connectivity index (χ4v) is 5.35. The molecular weight excluding hydrogens is 472 g/mol. The van der Waals surface area contributed by atoms with Gasteiger partial charge in [0.05, 0.1) is 16.4 Å². The third kappa shape index (κ3) is 3.41. The van der Waals surface area contributed by atoms with Gasteiger partial charge >= 0.3 is 0 Å². The van der Waals surface area contributed by atoms with Gasteiger partial charge in [0.15, 0.2) is 0 Å². The fourth-order valence-electron chi connectivity index (χ4n) is 5.35. The smallest absolute Gasteiger partial charge is 0.136 e. The second kappa shape index (κ2) is 8.72. The Bertz CT molecular complexity index is 2800. The maximum absolute atomic E-state index is 9.75. The van der Waals surface area contributed by atoms with Crippen molar-refractivity contribution in [3.8, 4) is 33.4 Å². The first-order chi connectivity index (χ1) is 24.4. The highest BCUT2D eigenvalue weighted by atomic mass is 16.3. The zero-order valence-corrected chi connectivity index (χ0v) is 20.3. The van der Waals surface area contributed by atoms with Gasteiger partial charge in [-0.05, 0) is 73.1 Å². The van der Waals surface area contributed by atoms with Crippen LogP contribution >= 0.6 is 0 Å². The molecule has 0 atom stereocenters. The highest BCUT2D eigenvalue weighted by Gasteiger charge is 2.20. The standard InChI is InChI=1S/C38H24O/c1-3-12-25(13-4-1)27-22-23-30-33(24-27)36(26-14-5-2-6-15-26)28-16-7-8-17-29(28)37(30)32-19-11-21-35-38(32)31-18-9-10-20-34(31)39-35/h1-24H/i2D,5D,6D,7D,8D,14D,15D,16D,17D,22D,23D,24D. The van der Waals surface area contributed by atoms with Gasteiger partial charge in [-0.3, -0.25) is 0 Å². The van der Waals surface area contributed by atoms with Crippen molar-refractivity contribution in [3.05, 3.63) is 145 Å². The fraction of sp³-hybridized carbons (Fsp3) is 0. The number of hydrogen-bond acceptors (Lipinski definition) is 1. The minimum absolute atomic E-state index is 0.0400. The largest absolute Gasteiger partial charge is 0.456 e. The summed E-state index contributed by atoms with van der Waals surface area (Å²) in [5.74, 6) is 0.